The smallest absolute Gasteiger partial charge is 0.136 e. The van der Waals surface area contributed by atoms with Gasteiger partial charge in [0.15, 0.2) is 0 Å². The SMILES string of the molecule is Cl.Cl.OCCN1CCN(C2=Nc3ccccc3CC=C2c2ccccc2)CC1. The van der Waals surface area contributed by atoms with Crippen molar-refractivity contribution in [3.05, 3.63) is 71.8 Å². The van der Waals surface area contributed by atoms with Crippen LogP contribution in [0.2, 0.25) is 0 Å². The number of rotatable bonds is 3. The maximum atomic E-state index is 9.18. The molecule has 2 aromatic carbocycles. The number of para-hydroxylation sites is 1. The van der Waals surface area contributed by atoms with Gasteiger partial charge < -0.3 is 10.0 Å². The van der Waals surface area contributed by atoms with E-state index in [1.165, 1.54) is 16.7 Å². The van der Waals surface area contributed by atoms with Gasteiger partial charge in [0.2, 0.25) is 0 Å². The Kier molecular flexibility index (Phi) is 8.52. The molecule has 0 saturated carbocycles. The van der Waals surface area contributed by atoms with Crippen molar-refractivity contribution in [3.63, 3.8) is 0 Å². The largest absolute Gasteiger partial charge is 0.395 e. The van der Waals surface area contributed by atoms with Crippen molar-refractivity contribution in [1.82, 2.24) is 9.80 Å². The standard InChI is InChI=1S/C22H25N3O.2ClH/c26-17-16-24-12-14-25(15-13-24)22-20(18-6-2-1-3-7-18)11-10-19-8-4-5-9-21(19)23-22;;/h1-9,11,26H,10,12-17H2;2*1H. The van der Waals surface area contributed by atoms with E-state index in [4.69, 9.17) is 4.99 Å². The zero-order valence-electron chi connectivity index (χ0n) is 15.8. The maximum Gasteiger partial charge on any atom is 0.136 e. The number of aliphatic hydroxyl groups is 1. The van der Waals surface area contributed by atoms with Crippen LogP contribution in [0.1, 0.15) is 11.1 Å². The van der Waals surface area contributed by atoms with E-state index < -0.39 is 0 Å². The number of nitrogens with zero attached hydrogens (tertiary/aromatic N) is 3. The third-order valence-corrected chi connectivity index (χ3v) is 5.16. The zero-order chi connectivity index (χ0) is 17.8. The summed E-state index contributed by atoms with van der Waals surface area (Å²) in [6.07, 6.45) is 3.22. The molecule has 0 aliphatic carbocycles. The average Bonchev–Trinajstić information content (AvgIpc) is 2.89. The Balaban J connectivity index is 0.00000140. The van der Waals surface area contributed by atoms with E-state index in [1.807, 2.05) is 0 Å². The molecule has 0 aromatic heterocycles. The summed E-state index contributed by atoms with van der Waals surface area (Å²) in [5.41, 5.74) is 4.78. The monoisotopic (exact) mass is 419 g/mol. The number of aliphatic imine (C=N–C) groups is 1. The lowest BCUT2D eigenvalue weighted by Crippen LogP contribution is -2.49. The van der Waals surface area contributed by atoms with Crippen LogP contribution < -0.4 is 0 Å². The molecule has 1 fully saturated rings. The van der Waals surface area contributed by atoms with Crippen LogP contribution in [-0.2, 0) is 6.42 Å². The van der Waals surface area contributed by atoms with Crippen LogP contribution >= 0.6 is 24.8 Å². The van der Waals surface area contributed by atoms with Crippen molar-refractivity contribution >= 4 is 41.9 Å². The summed E-state index contributed by atoms with van der Waals surface area (Å²) in [5.74, 6) is 1.07. The van der Waals surface area contributed by atoms with Crippen molar-refractivity contribution in [2.24, 2.45) is 4.99 Å². The van der Waals surface area contributed by atoms with Gasteiger partial charge in [-0.15, -0.1) is 24.8 Å². The van der Waals surface area contributed by atoms with Crippen molar-refractivity contribution in [3.8, 4) is 0 Å². The molecule has 0 spiro atoms. The van der Waals surface area contributed by atoms with Gasteiger partial charge in [0, 0.05) is 38.3 Å². The van der Waals surface area contributed by atoms with Crippen LogP contribution in [0.15, 0.2) is 65.7 Å². The first-order chi connectivity index (χ1) is 12.8. The van der Waals surface area contributed by atoms with Gasteiger partial charge in [0.1, 0.15) is 5.84 Å². The van der Waals surface area contributed by atoms with Crippen LogP contribution in [0.3, 0.4) is 0 Å². The normalized spacial score (nSPS) is 16.7. The molecule has 4 rings (SSSR count). The van der Waals surface area contributed by atoms with Crippen LogP contribution in [0, 0.1) is 0 Å². The highest BCUT2D eigenvalue weighted by Gasteiger charge is 2.24. The van der Waals surface area contributed by atoms with E-state index in [1.54, 1.807) is 0 Å². The number of β-amino-alcohol motifs (C(OH)–C–C–N with tert-alkyl or cyclic N) is 1. The molecule has 2 heterocycles. The van der Waals surface area contributed by atoms with Gasteiger partial charge >= 0.3 is 0 Å². The lowest BCUT2D eigenvalue weighted by molar-refractivity contribution is 0.148. The highest BCUT2D eigenvalue weighted by Crippen LogP contribution is 2.30. The number of piperazine rings is 1. The number of allylic oxidation sites excluding steroid dienone is 1. The maximum absolute atomic E-state index is 9.18. The van der Waals surface area contributed by atoms with E-state index in [0.717, 1.165) is 50.7 Å². The summed E-state index contributed by atoms with van der Waals surface area (Å²) in [7, 11) is 0. The fraction of sp³-hybridized carbons (Fsp3) is 0.318. The summed E-state index contributed by atoms with van der Waals surface area (Å²) in [5, 5.41) is 9.18. The average molecular weight is 420 g/mol. The predicted molar refractivity (Wildman–Crippen MR) is 121 cm³/mol. The number of hydrogen-bond donors (Lipinski definition) is 1. The van der Waals surface area contributed by atoms with E-state index in [-0.39, 0.29) is 31.4 Å². The minimum absolute atomic E-state index is 0. The summed E-state index contributed by atoms with van der Waals surface area (Å²) in [4.78, 5) is 9.81. The minimum atomic E-state index is 0. The molecule has 0 bridgehead atoms. The van der Waals surface area contributed by atoms with Crippen molar-refractivity contribution in [1.29, 1.82) is 0 Å². The number of aliphatic hydroxyl groups excluding tert-OH is 1. The Morgan fingerprint density at radius 1 is 0.857 bits per heavy atom. The molecular formula is C22H27Cl2N3O. The third-order valence-electron chi connectivity index (χ3n) is 5.16. The van der Waals surface area contributed by atoms with Crippen LogP contribution in [-0.4, -0.2) is 60.1 Å². The quantitative estimate of drug-likeness (QED) is 0.821. The van der Waals surface area contributed by atoms with Gasteiger partial charge in [0.05, 0.1) is 12.3 Å². The predicted octanol–water partition coefficient (Wildman–Crippen LogP) is 3.81. The van der Waals surface area contributed by atoms with Crippen molar-refractivity contribution in [2.75, 3.05) is 39.3 Å². The number of benzene rings is 2. The van der Waals surface area contributed by atoms with E-state index in [9.17, 15) is 5.11 Å². The molecule has 0 amide bonds. The third kappa shape index (κ3) is 4.95. The molecule has 2 aliphatic heterocycles. The first kappa shape index (κ1) is 22.4. The Morgan fingerprint density at radius 3 is 2.25 bits per heavy atom. The highest BCUT2D eigenvalue weighted by molar-refractivity contribution is 6.23. The van der Waals surface area contributed by atoms with Crippen molar-refractivity contribution < 1.29 is 5.11 Å². The molecular weight excluding hydrogens is 393 g/mol. The Labute approximate surface area is 179 Å². The molecule has 150 valence electrons. The fourth-order valence-corrected chi connectivity index (χ4v) is 3.70. The first-order valence-corrected chi connectivity index (χ1v) is 9.36. The van der Waals surface area contributed by atoms with Gasteiger partial charge in [0.25, 0.3) is 0 Å². The number of fused-ring (bicyclic) bond motifs is 1. The highest BCUT2D eigenvalue weighted by atomic mass is 35.5. The summed E-state index contributed by atoms with van der Waals surface area (Å²) < 4.78 is 0. The molecule has 0 radical (unpaired) electrons. The second kappa shape index (κ2) is 10.6. The van der Waals surface area contributed by atoms with Gasteiger partial charge in [-0.05, 0) is 23.6 Å². The Hall–Kier alpha value is -1.85. The van der Waals surface area contributed by atoms with Gasteiger partial charge in [-0.25, -0.2) is 4.99 Å². The molecule has 1 saturated heterocycles. The van der Waals surface area contributed by atoms with Crippen LogP contribution in [0.4, 0.5) is 5.69 Å². The summed E-state index contributed by atoms with van der Waals surface area (Å²) >= 11 is 0. The topological polar surface area (TPSA) is 39.1 Å². The Morgan fingerprint density at radius 2 is 1.54 bits per heavy atom. The molecule has 0 atom stereocenters. The molecule has 2 aromatic rings. The molecule has 4 nitrogen and oxygen atoms in total. The van der Waals surface area contributed by atoms with Crippen LogP contribution in [0.5, 0.6) is 0 Å². The number of amidine groups is 1. The van der Waals surface area contributed by atoms with E-state index >= 15 is 0 Å². The van der Waals surface area contributed by atoms with Gasteiger partial charge in [-0.1, -0.05) is 54.6 Å². The van der Waals surface area contributed by atoms with Crippen molar-refractivity contribution in [2.45, 2.75) is 6.42 Å². The number of halogens is 2. The van der Waals surface area contributed by atoms with Crippen LogP contribution in [0.25, 0.3) is 5.57 Å². The van der Waals surface area contributed by atoms with E-state index in [0.29, 0.717) is 0 Å². The zero-order valence-corrected chi connectivity index (χ0v) is 17.5. The molecule has 28 heavy (non-hydrogen) atoms. The lowest BCUT2D eigenvalue weighted by atomic mass is 10.0. The Bertz CT molecular complexity index is 816. The van der Waals surface area contributed by atoms with Gasteiger partial charge in [-0.2, -0.15) is 0 Å². The summed E-state index contributed by atoms with van der Waals surface area (Å²) in [6.45, 7) is 4.77. The fourth-order valence-electron chi connectivity index (χ4n) is 3.70. The molecule has 1 N–H and O–H groups in total. The second-order valence-corrected chi connectivity index (χ2v) is 6.80. The molecule has 2 aliphatic rings. The van der Waals surface area contributed by atoms with Gasteiger partial charge in [-0.3, -0.25) is 4.90 Å². The minimum Gasteiger partial charge on any atom is -0.395 e. The molecule has 0 unspecified atom stereocenters. The summed E-state index contributed by atoms with van der Waals surface area (Å²) in [6, 6.07) is 19.0. The number of hydrogen-bond acceptors (Lipinski definition) is 4. The van der Waals surface area contributed by atoms with E-state index in [2.05, 4.69) is 70.5 Å². The molecule has 6 heteroatoms. The lowest BCUT2D eigenvalue weighted by Gasteiger charge is -2.36. The first-order valence-electron chi connectivity index (χ1n) is 9.36. The second-order valence-electron chi connectivity index (χ2n) is 6.80.